The van der Waals surface area contributed by atoms with Crippen LogP contribution in [0.1, 0.15) is 21.5 Å². The van der Waals surface area contributed by atoms with Gasteiger partial charge in [0.25, 0.3) is 5.91 Å². The number of amides is 1. The second kappa shape index (κ2) is 9.01. The van der Waals surface area contributed by atoms with Gasteiger partial charge in [0, 0.05) is 29.8 Å². The molecule has 0 heterocycles. The molecule has 130 valence electrons. The van der Waals surface area contributed by atoms with Crippen LogP contribution in [0.4, 0.5) is 0 Å². The first-order valence-corrected chi connectivity index (χ1v) is 8.03. The Hall–Kier alpha value is -2.63. The number of carbonyl (C=O) groups excluding carboxylic acids is 1. The Balaban J connectivity index is 2.21. The van der Waals surface area contributed by atoms with Crippen LogP contribution in [-0.4, -0.2) is 40.1 Å². The van der Waals surface area contributed by atoms with E-state index >= 15 is 0 Å². The van der Waals surface area contributed by atoms with Crippen molar-refractivity contribution in [3.63, 3.8) is 0 Å². The molecular formula is C19H18ClNO4. The highest BCUT2D eigenvalue weighted by molar-refractivity contribution is 6.32. The zero-order valence-electron chi connectivity index (χ0n) is 13.4. The lowest BCUT2D eigenvalue weighted by Gasteiger charge is -2.22. The van der Waals surface area contributed by atoms with E-state index in [0.29, 0.717) is 17.7 Å². The van der Waals surface area contributed by atoms with E-state index in [1.807, 2.05) is 30.3 Å². The maximum atomic E-state index is 12.7. The average molecular weight is 360 g/mol. The minimum absolute atomic E-state index is 0.147. The molecule has 2 N–H and O–H groups in total. The standard InChI is InChI=1S/C19H18ClNO4/c20-17-12-16(7-6-15(17)8-9-18(23)24)19(25)21(10-11-22)13-14-4-2-1-3-5-14/h1-9,12,22H,10-11,13H2,(H,23,24)/b9-8+. The highest BCUT2D eigenvalue weighted by atomic mass is 35.5. The van der Waals surface area contributed by atoms with Crippen LogP contribution in [-0.2, 0) is 11.3 Å². The number of rotatable bonds is 7. The smallest absolute Gasteiger partial charge is 0.328 e. The minimum atomic E-state index is -1.08. The normalized spacial score (nSPS) is 10.8. The molecule has 2 aromatic carbocycles. The average Bonchev–Trinajstić information content (AvgIpc) is 2.60. The first-order valence-electron chi connectivity index (χ1n) is 7.66. The third-order valence-corrected chi connectivity index (χ3v) is 3.85. The molecular weight excluding hydrogens is 342 g/mol. The molecule has 0 aromatic heterocycles. The second-order valence-electron chi connectivity index (χ2n) is 5.34. The molecule has 1 amide bonds. The molecule has 6 heteroatoms. The molecule has 0 unspecified atom stereocenters. The van der Waals surface area contributed by atoms with Crippen LogP contribution in [0.2, 0.25) is 5.02 Å². The van der Waals surface area contributed by atoms with Gasteiger partial charge < -0.3 is 15.1 Å². The lowest BCUT2D eigenvalue weighted by Crippen LogP contribution is -2.33. The Bertz CT molecular complexity index is 774. The number of carboxylic acid groups (broad SMARTS) is 1. The number of aliphatic hydroxyl groups excluding tert-OH is 1. The number of hydrogen-bond acceptors (Lipinski definition) is 3. The highest BCUT2D eigenvalue weighted by Crippen LogP contribution is 2.21. The zero-order chi connectivity index (χ0) is 18.2. The number of carbonyl (C=O) groups is 2. The van der Waals surface area contributed by atoms with Gasteiger partial charge in [-0.2, -0.15) is 0 Å². The molecule has 0 saturated heterocycles. The van der Waals surface area contributed by atoms with Gasteiger partial charge >= 0.3 is 5.97 Å². The maximum Gasteiger partial charge on any atom is 0.328 e. The topological polar surface area (TPSA) is 77.8 Å². The molecule has 0 aliphatic rings. The Kier molecular flexibility index (Phi) is 6.74. The van der Waals surface area contributed by atoms with Gasteiger partial charge in [0.15, 0.2) is 0 Å². The Morgan fingerprint density at radius 3 is 2.44 bits per heavy atom. The number of nitrogens with zero attached hydrogens (tertiary/aromatic N) is 1. The van der Waals surface area contributed by atoms with Gasteiger partial charge in [0.05, 0.1) is 6.61 Å². The van der Waals surface area contributed by atoms with Crippen molar-refractivity contribution in [2.45, 2.75) is 6.54 Å². The van der Waals surface area contributed by atoms with Crippen LogP contribution in [0.15, 0.2) is 54.6 Å². The molecule has 2 aromatic rings. The summed E-state index contributed by atoms with van der Waals surface area (Å²) < 4.78 is 0. The summed E-state index contributed by atoms with van der Waals surface area (Å²) in [7, 11) is 0. The van der Waals surface area contributed by atoms with E-state index in [1.54, 1.807) is 12.1 Å². The fourth-order valence-electron chi connectivity index (χ4n) is 2.32. The number of aliphatic hydroxyl groups is 1. The predicted molar refractivity (Wildman–Crippen MR) is 96.4 cm³/mol. The molecule has 0 aliphatic carbocycles. The molecule has 25 heavy (non-hydrogen) atoms. The summed E-state index contributed by atoms with van der Waals surface area (Å²) in [6, 6.07) is 14.2. The van der Waals surface area contributed by atoms with Gasteiger partial charge in [0.2, 0.25) is 0 Å². The summed E-state index contributed by atoms with van der Waals surface area (Å²) in [6.45, 7) is 0.427. The van der Waals surface area contributed by atoms with E-state index in [1.165, 1.54) is 17.0 Å². The van der Waals surface area contributed by atoms with Gasteiger partial charge in [-0.05, 0) is 29.3 Å². The van der Waals surface area contributed by atoms with Crippen molar-refractivity contribution < 1.29 is 19.8 Å². The molecule has 5 nitrogen and oxygen atoms in total. The molecule has 0 bridgehead atoms. The minimum Gasteiger partial charge on any atom is -0.478 e. The first-order chi connectivity index (χ1) is 12.0. The van der Waals surface area contributed by atoms with Gasteiger partial charge in [-0.15, -0.1) is 0 Å². The zero-order valence-corrected chi connectivity index (χ0v) is 14.2. The predicted octanol–water partition coefficient (Wildman–Crippen LogP) is 3.07. The van der Waals surface area contributed by atoms with Crippen LogP contribution in [0.25, 0.3) is 6.08 Å². The van der Waals surface area contributed by atoms with Gasteiger partial charge in [0.1, 0.15) is 0 Å². The van der Waals surface area contributed by atoms with E-state index in [0.717, 1.165) is 11.6 Å². The quantitative estimate of drug-likeness (QED) is 0.745. The van der Waals surface area contributed by atoms with E-state index in [4.69, 9.17) is 16.7 Å². The Morgan fingerprint density at radius 1 is 1.12 bits per heavy atom. The first kappa shape index (κ1) is 18.7. The van der Waals surface area contributed by atoms with Crippen molar-refractivity contribution in [1.29, 1.82) is 0 Å². The number of halogens is 1. The Labute approximate surface area is 150 Å². The van der Waals surface area contributed by atoms with E-state index in [2.05, 4.69) is 0 Å². The highest BCUT2D eigenvalue weighted by Gasteiger charge is 2.16. The van der Waals surface area contributed by atoms with Crippen LogP contribution >= 0.6 is 11.6 Å². The summed E-state index contributed by atoms with van der Waals surface area (Å²) in [5, 5.41) is 18.2. The van der Waals surface area contributed by atoms with Crippen molar-refractivity contribution >= 4 is 29.6 Å². The number of hydrogen-bond donors (Lipinski definition) is 2. The van der Waals surface area contributed by atoms with E-state index in [9.17, 15) is 14.7 Å². The summed E-state index contributed by atoms with van der Waals surface area (Å²) in [6.07, 6.45) is 2.35. The lowest BCUT2D eigenvalue weighted by molar-refractivity contribution is -0.131. The largest absolute Gasteiger partial charge is 0.478 e. The van der Waals surface area contributed by atoms with Crippen LogP contribution < -0.4 is 0 Å². The molecule has 0 saturated carbocycles. The van der Waals surface area contributed by atoms with Gasteiger partial charge in [-0.25, -0.2) is 4.79 Å². The molecule has 0 fully saturated rings. The van der Waals surface area contributed by atoms with Crippen LogP contribution in [0, 0.1) is 0 Å². The van der Waals surface area contributed by atoms with E-state index in [-0.39, 0.29) is 24.1 Å². The van der Waals surface area contributed by atoms with Crippen LogP contribution in [0.5, 0.6) is 0 Å². The Morgan fingerprint density at radius 2 is 1.84 bits per heavy atom. The third kappa shape index (κ3) is 5.45. The monoisotopic (exact) mass is 359 g/mol. The summed E-state index contributed by atoms with van der Waals surface area (Å²) in [4.78, 5) is 24.8. The molecule has 0 spiro atoms. The van der Waals surface area contributed by atoms with Gasteiger partial charge in [-0.3, -0.25) is 4.79 Å². The van der Waals surface area contributed by atoms with Crippen molar-refractivity contribution in [1.82, 2.24) is 4.90 Å². The van der Waals surface area contributed by atoms with Crippen molar-refractivity contribution in [3.05, 3.63) is 76.3 Å². The molecule has 0 atom stereocenters. The fraction of sp³-hybridized carbons (Fsp3) is 0.158. The second-order valence-corrected chi connectivity index (χ2v) is 5.75. The van der Waals surface area contributed by atoms with Crippen molar-refractivity contribution in [3.8, 4) is 0 Å². The molecule has 2 rings (SSSR count). The van der Waals surface area contributed by atoms with Crippen LogP contribution in [0.3, 0.4) is 0 Å². The number of carboxylic acids is 1. The third-order valence-electron chi connectivity index (χ3n) is 3.53. The number of aliphatic carboxylic acids is 1. The number of benzene rings is 2. The SMILES string of the molecule is O=C(O)/C=C/c1ccc(C(=O)N(CCO)Cc2ccccc2)cc1Cl. The molecule has 0 radical (unpaired) electrons. The molecule has 0 aliphatic heterocycles. The lowest BCUT2D eigenvalue weighted by atomic mass is 10.1. The van der Waals surface area contributed by atoms with Gasteiger partial charge in [-0.1, -0.05) is 48.0 Å². The summed E-state index contributed by atoms with van der Waals surface area (Å²) in [5.74, 6) is -1.33. The summed E-state index contributed by atoms with van der Waals surface area (Å²) >= 11 is 6.13. The fourth-order valence-corrected chi connectivity index (χ4v) is 2.56. The maximum absolute atomic E-state index is 12.7. The van der Waals surface area contributed by atoms with Crippen molar-refractivity contribution in [2.24, 2.45) is 0 Å². The summed E-state index contributed by atoms with van der Waals surface area (Å²) in [5.41, 5.74) is 1.84. The van der Waals surface area contributed by atoms with Crippen molar-refractivity contribution in [2.75, 3.05) is 13.2 Å². The van der Waals surface area contributed by atoms with E-state index < -0.39 is 5.97 Å².